The van der Waals surface area contributed by atoms with Gasteiger partial charge in [-0.15, -0.1) is 6.58 Å². The quantitative estimate of drug-likeness (QED) is 0.115. The molecule has 0 unspecified atom stereocenters. The van der Waals surface area contributed by atoms with Crippen molar-refractivity contribution in [1.29, 1.82) is 0 Å². The molecule has 0 radical (unpaired) electrons. The summed E-state index contributed by atoms with van der Waals surface area (Å²) in [5.74, 6) is -0.272. The zero-order chi connectivity index (χ0) is 29.5. The fourth-order valence-electron chi connectivity index (χ4n) is 4.16. The Hall–Kier alpha value is -5.45. The predicted octanol–water partition coefficient (Wildman–Crippen LogP) is 4.98. The van der Waals surface area contributed by atoms with Crippen LogP contribution in [0.25, 0.3) is 6.08 Å². The maximum atomic E-state index is 13.3. The molecule has 210 valence electrons. The number of nitrogens with one attached hydrogen (secondary N) is 1. The van der Waals surface area contributed by atoms with E-state index in [0.717, 1.165) is 4.90 Å². The predicted molar refractivity (Wildman–Crippen MR) is 151 cm³/mol. The van der Waals surface area contributed by atoms with E-state index in [-0.39, 0.29) is 23.6 Å². The van der Waals surface area contributed by atoms with Crippen LogP contribution in [0.15, 0.2) is 78.9 Å². The van der Waals surface area contributed by atoms with Crippen LogP contribution in [0.2, 0.25) is 0 Å². The van der Waals surface area contributed by atoms with E-state index in [1.54, 1.807) is 49.4 Å². The highest BCUT2D eigenvalue weighted by atomic mass is 16.6. The highest BCUT2D eigenvalue weighted by molar-refractivity contribution is 6.39. The van der Waals surface area contributed by atoms with E-state index in [9.17, 15) is 24.5 Å². The standard InChI is InChI=1S/C30H27N3O8/c1-4-6-21-15-20(17-26(40-5-2)27(21)41-18-19-7-9-23(10-8-19)33(37)38)16-25-28(34)31-30(36)32(29(25)35)22-11-13-24(39-3)14-12-22/h4,7-17H,1,5-6,18H2,2-3H3,(H,31,34,36)/b25-16+. The molecule has 0 aliphatic carbocycles. The maximum Gasteiger partial charge on any atom is 0.335 e. The number of hydrogen-bond acceptors (Lipinski definition) is 8. The molecule has 3 aromatic carbocycles. The number of nitrogens with zero attached hydrogens (tertiary/aromatic N) is 2. The number of imide groups is 2. The summed E-state index contributed by atoms with van der Waals surface area (Å²) in [6.07, 6.45) is 3.43. The van der Waals surface area contributed by atoms with E-state index < -0.39 is 22.8 Å². The van der Waals surface area contributed by atoms with Crippen LogP contribution in [0.5, 0.6) is 17.2 Å². The summed E-state index contributed by atoms with van der Waals surface area (Å²) in [4.78, 5) is 50.0. The number of carbonyl (C=O) groups excluding carboxylic acids is 3. The van der Waals surface area contributed by atoms with Crippen molar-refractivity contribution in [1.82, 2.24) is 5.32 Å². The number of benzene rings is 3. The molecule has 11 nitrogen and oxygen atoms in total. The number of methoxy groups -OCH3 is 1. The molecule has 1 aliphatic rings. The molecule has 0 bridgehead atoms. The van der Waals surface area contributed by atoms with Crippen molar-refractivity contribution in [2.45, 2.75) is 20.0 Å². The van der Waals surface area contributed by atoms with Gasteiger partial charge in [0.25, 0.3) is 17.5 Å². The molecule has 0 atom stereocenters. The molecule has 4 rings (SSSR count). The summed E-state index contributed by atoms with van der Waals surface area (Å²) in [6, 6.07) is 14.8. The van der Waals surface area contributed by atoms with Crippen LogP contribution in [-0.2, 0) is 22.6 Å². The van der Waals surface area contributed by atoms with Crippen molar-refractivity contribution in [3.05, 3.63) is 106 Å². The molecule has 1 fully saturated rings. The van der Waals surface area contributed by atoms with Gasteiger partial charge >= 0.3 is 6.03 Å². The molecule has 0 aromatic heterocycles. The molecular formula is C30H27N3O8. The molecule has 0 spiro atoms. The average molecular weight is 558 g/mol. The van der Waals surface area contributed by atoms with Gasteiger partial charge in [0.1, 0.15) is 17.9 Å². The molecule has 4 amide bonds. The minimum Gasteiger partial charge on any atom is -0.497 e. The summed E-state index contributed by atoms with van der Waals surface area (Å²) in [5, 5.41) is 13.2. The van der Waals surface area contributed by atoms with Crippen molar-refractivity contribution in [2.24, 2.45) is 0 Å². The number of ether oxygens (including phenoxy) is 3. The number of allylic oxidation sites excluding steroid dienone is 1. The van der Waals surface area contributed by atoms with Crippen LogP contribution >= 0.6 is 0 Å². The number of amides is 4. The number of non-ortho nitro benzene ring substituents is 1. The normalized spacial score (nSPS) is 14.0. The van der Waals surface area contributed by atoms with Gasteiger partial charge in [0, 0.05) is 17.7 Å². The van der Waals surface area contributed by atoms with Gasteiger partial charge in [-0.1, -0.05) is 6.08 Å². The van der Waals surface area contributed by atoms with E-state index in [1.165, 1.54) is 37.5 Å². The number of barbiturate groups is 1. The van der Waals surface area contributed by atoms with Gasteiger partial charge in [-0.25, -0.2) is 9.69 Å². The van der Waals surface area contributed by atoms with Crippen molar-refractivity contribution < 1.29 is 33.5 Å². The van der Waals surface area contributed by atoms with Gasteiger partial charge in [-0.2, -0.15) is 0 Å². The number of anilines is 1. The highest BCUT2D eigenvalue weighted by Crippen LogP contribution is 2.36. The molecule has 3 aromatic rings. The maximum absolute atomic E-state index is 13.3. The van der Waals surface area contributed by atoms with Crippen LogP contribution in [0.1, 0.15) is 23.6 Å². The molecule has 1 saturated heterocycles. The van der Waals surface area contributed by atoms with Gasteiger partial charge in [-0.3, -0.25) is 25.0 Å². The summed E-state index contributed by atoms with van der Waals surface area (Å²) < 4.78 is 17.1. The van der Waals surface area contributed by atoms with Crippen molar-refractivity contribution in [3.8, 4) is 17.2 Å². The first-order chi connectivity index (χ1) is 19.7. The lowest BCUT2D eigenvalue weighted by atomic mass is 10.0. The van der Waals surface area contributed by atoms with Crippen molar-refractivity contribution in [3.63, 3.8) is 0 Å². The summed E-state index contributed by atoms with van der Waals surface area (Å²) in [5.41, 5.74) is 1.85. The third kappa shape index (κ3) is 6.41. The largest absolute Gasteiger partial charge is 0.497 e. The Balaban J connectivity index is 1.68. The van der Waals surface area contributed by atoms with E-state index in [2.05, 4.69) is 11.9 Å². The zero-order valence-corrected chi connectivity index (χ0v) is 22.4. The SMILES string of the molecule is C=CCc1cc(/C=C2\C(=O)NC(=O)N(c3ccc(OC)cc3)C2=O)cc(OCC)c1OCc1ccc([N+](=O)[O-])cc1. The summed E-state index contributed by atoms with van der Waals surface area (Å²) in [7, 11) is 1.50. The first-order valence-corrected chi connectivity index (χ1v) is 12.6. The van der Waals surface area contributed by atoms with E-state index in [4.69, 9.17) is 14.2 Å². The van der Waals surface area contributed by atoms with Gasteiger partial charge in [0.15, 0.2) is 11.5 Å². The van der Waals surface area contributed by atoms with Crippen LogP contribution in [0.4, 0.5) is 16.2 Å². The fourth-order valence-corrected chi connectivity index (χ4v) is 4.16. The molecule has 1 aliphatic heterocycles. The monoisotopic (exact) mass is 557 g/mol. The lowest BCUT2D eigenvalue weighted by Gasteiger charge is -2.26. The van der Waals surface area contributed by atoms with E-state index >= 15 is 0 Å². The highest BCUT2D eigenvalue weighted by Gasteiger charge is 2.37. The zero-order valence-electron chi connectivity index (χ0n) is 22.4. The fraction of sp³-hybridized carbons (Fsp3) is 0.167. The van der Waals surface area contributed by atoms with Gasteiger partial charge in [-0.05, 0) is 79.1 Å². The molecular weight excluding hydrogens is 530 g/mol. The Labute approximate surface area is 235 Å². The van der Waals surface area contributed by atoms with Crippen LogP contribution in [0, 0.1) is 10.1 Å². The number of hydrogen-bond donors (Lipinski definition) is 1. The Bertz CT molecular complexity index is 1530. The summed E-state index contributed by atoms with van der Waals surface area (Å²) in [6.45, 7) is 6.02. The second-order valence-electron chi connectivity index (χ2n) is 8.80. The molecule has 41 heavy (non-hydrogen) atoms. The van der Waals surface area contributed by atoms with E-state index in [1.807, 2.05) is 0 Å². The van der Waals surface area contributed by atoms with Crippen LogP contribution < -0.4 is 24.4 Å². The van der Waals surface area contributed by atoms with Crippen molar-refractivity contribution >= 4 is 35.3 Å². The Kier molecular flexibility index (Phi) is 8.78. The first kappa shape index (κ1) is 28.6. The molecule has 1 N–H and O–H groups in total. The number of nitro groups is 1. The molecule has 0 saturated carbocycles. The Morgan fingerprint density at radius 2 is 1.73 bits per heavy atom. The number of carbonyl (C=O) groups is 3. The van der Waals surface area contributed by atoms with Crippen LogP contribution in [0.3, 0.4) is 0 Å². The van der Waals surface area contributed by atoms with Gasteiger partial charge in [0.2, 0.25) is 0 Å². The second kappa shape index (κ2) is 12.6. The number of nitro benzene ring substituents is 1. The topological polar surface area (TPSA) is 137 Å². The lowest BCUT2D eigenvalue weighted by molar-refractivity contribution is -0.384. The summed E-state index contributed by atoms with van der Waals surface area (Å²) >= 11 is 0. The third-order valence-electron chi connectivity index (χ3n) is 6.09. The first-order valence-electron chi connectivity index (χ1n) is 12.6. The smallest absolute Gasteiger partial charge is 0.335 e. The minimum atomic E-state index is -0.861. The average Bonchev–Trinajstić information content (AvgIpc) is 2.95. The Morgan fingerprint density at radius 3 is 2.34 bits per heavy atom. The van der Waals surface area contributed by atoms with Gasteiger partial charge < -0.3 is 14.2 Å². The van der Waals surface area contributed by atoms with Crippen LogP contribution in [-0.4, -0.2) is 36.5 Å². The second-order valence-corrected chi connectivity index (χ2v) is 8.80. The minimum absolute atomic E-state index is 0.0259. The number of rotatable bonds is 11. The van der Waals surface area contributed by atoms with Crippen molar-refractivity contribution in [2.75, 3.05) is 18.6 Å². The third-order valence-corrected chi connectivity index (χ3v) is 6.09. The van der Waals surface area contributed by atoms with E-state index in [0.29, 0.717) is 47.0 Å². The number of urea groups is 1. The van der Waals surface area contributed by atoms with Gasteiger partial charge in [0.05, 0.1) is 24.3 Å². The lowest BCUT2D eigenvalue weighted by Crippen LogP contribution is -2.54. The Morgan fingerprint density at radius 1 is 1.02 bits per heavy atom. The molecule has 11 heteroatoms. The molecule has 1 heterocycles.